The van der Waals surface area contributed by atoms with Crippen LogP contribution in [-0.2, 0) is 130 Å². The van der Waals surface area contributed by atoms with Crippen molar-refractivity contribution in [1.29, 1.82) is 0 Å². The van der Waals surface area contributed by atoms with Crippen LogP contribution >= 0.6 is 0 Å². The second kappa shape index (κ2) is 326. The topological polar surface area (TPSA) is 243 Å². The molecule has 64 heavy (non-hydrogen) atoms. The molecule has 0 saturated heterocycles. The summed E-state index contributed by atoms with van der Waals surface area (Å²) in [5.41, 5.74) is 0. The van der Waals surface area contributed by atoms with Gasteiger partial charge in [0.05, 0.1) is 12.2 Å². The van der Waals surface area contributed by atoms with Crippen molar-refractivity contribution in [3.63, 3.8) is 0 Å². The zero-order chi connectivity index (χ0) is 40.2. The summed E-state index contributed by atoms with van der Waals surface area (Å²) in [6, 6.07) is 0. The van der Waals surface area contributed by atoms with Gasteiger partial charge >= 0.3 is 130 Å². The van der Waals surface area contributed by atoms with Crippen LogP contribution in [0.15, 0.2) is 0 Å². The maximum absolute atomic E-state index is 8.36. The molecule has 0 bridgehead atoms. The van der Waals surface area contributed by atoms with Crippen LogP contribution in [0.25, 0.3) is 0 Å². The first-order chi connectivity index (χ1) is 21.5. The van der Waals surface area contributed by atoms with E-state index in [9.17, 15) is 0 Å². The van der Waals surface area contributed by atoms with Crippen molar-refractivity contribution in [3.05, 3.63) is 89.1 Å². The van der Waals surface area contributed by atoms with Crippen LogP contribution in [-0.4, -0.2) is 140 Å². The van der Waals surface area contributed by atoms with Gasteiger partial charge < -0.3 is 150 Å². The van der Waals surface area contributed by atoms with Crippen molar-refractivity contribution in [2.24, 2.45) is 0 Å². The van der Waals surface area contributed by atoms with Crippen molar-refractivity contribution in [3.8, 4) is 0 Å². The summed E-state index contributed by atoms with van der Waals surface area (Å²) in [6.45, 7) is 27.5. The largest absolute Gasteiger partial charge is 2.00 e. The predicted octanol–water partition coefficient (Wildman–Crippen LogP) is 9.27. The van der Waals surface area contributed by atoms with E-state index in [1.54, 1.807) is 55.4 Å². The fourth-order valence-corrected chi connectivity index (χ4v) is 0.316. The van der Waals surface area contributed by atoms with E-state index in [0.29, 0.717) is 26.4 Å². The first-order valence-corrected chi connectivity index (χ1v) is 16.8. The summed E-state index contributed by atoms with van der Waals surface area (Å²) >= 11 is 0. The maximum atomic E-state index is 8.36. The molecule has 0 aromatic carbocycles. The van der Waals surface area contributed by atoms with Crippen LogP contribution in [0.4, 0.5) is 0 Å². The van der Waals surface area contributed by atoms with Gasteiger partial charge in [0.25, 0.3) is 0 Å². The Bertz CT molecular complexity index is 268. The summed E-state index contributed by atoms with van der Waals surface area (Å²) in [4.78, 5) is 0. The molecule has 12 nitrogen and oxygen atoms in total. The van der Waals surface area contributed by atoms with Crippen molar-refractivity contribution < 1.29 is 192 Å². The molecule has 12 N–H and O–H groups in total. The third kappa shape index (κ3) is 1450. The van der Waals surface area contributed by atoms with E-state index >= 15 is 0 Å². The fourth-order valence-electron chi connectivity index (χ4n) is 0.316. The minimum atomic E-state index is -0.167. The molecule has 0 aliphatic carbocycles. The van der Waals surface area contributed by atoms with E-state index < -0.39 is 0 Å². The average molecular weight is 1160 g/mol. The van der Waals surface area contributed by atoms with Gasteiger partial charge in [-0.3, -0.25) is 0 Å². The first kappa shape index (κ1) is 212. The number of aliphatic hydroxyl groups is 12. The van der Waals surface area contributed by atoms with Crippen LogP contribution in [0.1, 0.15) is 148 Å². The SMILES string of the molecule is CC(C)O.CC(C)O.CCC(C)O.CCC(C)O.CCCCO.CCCCO.CCCO.CCCO.CCO.CCO.CO.CO.[CH3-].[CH3-].[CH3-].[CH3-].[CH3-].[CH3-].[CH3-].[CH3-].[CH3-].[CH3-].[CH3-].[CH3-].[Ti+2].[Ti+2].[Ti+2].[Ti+2].[Ti+2].[Ti+2]. The molecule has 0 aromatic heterocycles. The predicted molar refractivity (Wildman–Crippen MR) is 276 cm³/mol. The first-order valence-electron chi connectivity index (χ1n) is 16.8. The fraction of sp³-hybridized carbons (Fsp3) is 0.739. The second-order valence-corrected chi connectivity index (χ2v) is 8.94. The van der Waals surface area contributed by atoms with E-state index in [0.717, 1.165) is 65.6 Å². The smallest absolute Gasteiger partial charge is 0.400 e. The Morgan fingerprint density at radius 1 is 0.281 bits per heavy atom. The Hall–Kier alpha value is 3.81. The molecule has 0 radical (unpaired) electrons. The zero-order valence-corrected chi connectivity index (χ0v) is 57.9. The Kier molecular flexibility index (Phi) is 1080. The number of rotatable bonds is 8. The van der Waals surface area contributed by atoms with Crippen LogP contribution < -0.4 is 0 Å². The molecule has 0 aromatic rings. The maximum Gasteiger partial charge on any atom is 2.00 e. The summed E-state index contributed by atoms with van der Waals surface area (Å²) in [5, 5.41) is 93.9. The molecule has 0 rings (SSSR count). The third-order valence-corrected chi connectivity index (χ3v) is 2.65. The van der Waals surface area contributed by atoms with Gasteiger partial charge in [-0.05, 0) is 93.9 Å². The standard InChI is InChI=1S/4C4H10O.4C3H8O.2C2H6O.2CH4O.12CH3.6Ti/c2*1-3-4(2)5;2*1-2-3-4-5;2*1-3(2)4;2*1-2-3-4;2*1-2-3;2*1-2;;;;;;;;;;;;;;;;;;/h2*4-5H,3H2,1-2H3;2*5H,2-4H2,1H3;2*3-4H,1-2H3;2*4H,2-3H2,1H3;2*3H,2H2,1H3;2*2H,1H3;12*1H3;;;;;;/q;;;;;;;;;;;;12*-1;6*+2. The van der Waals surface area contributed by atoms with Gasteiger partial charge in [-0.25, -0.2) is 0 Å². The van der Waals surface area contributed by atoms with Gasteiger partial charge in [-0.2, -0.15) is 0 Å². The van der Waals surface area contributed by atoms with Gasteiger partial charge in [-0.1, -0.05) is 54.4 Å². The molecule has 408 valence electrons. The molecule has 0 aliphatic heterocycles. The van der Waals surface area contributed by atoms with E-state index in [1.807, 2.05) is 27.7 Å². The van der Waals surface area contributed by atoms with Gasteiger partial charge in [0.15, 0.2) is 0 Å². The molecular weight excluding hydrogens is 1030 g/mol. The Balaban J connectivity index is -0.00000000691. The van der Waals surface area contributed by atoms with E-state index in [4.69, 9.17) is 61.3 Å². The molecule has 0 heterocycles. The molecule has 2 unspecified atom stereocenters. The summed E-state index contributed by atoms with van der Waals surface area (Å²) in [6.07, 6.45) is 6.98. The monoisotopic (exact) mass is 1160 g/mol. The number of hydrogen-bond donors (Lipinski definition) is 12. The van der Waals surface area contributed by atoms with Crippen molar-refractivity contribution in [2.75, 3.05) is 53.9 Å². The minimum absolute atomic E-state index is 0. The van der Waals surface area contributed by atoms with Crippen molar-refractivity contribution in [2.45, 2.75) is 173 Å². The van der Waals surface area contributed by atoms with Crippen LogP contribution in [0.5, 0.6) is 0 Å². The molecular formula is C46H128O12Ti6. The molecule has 0 fully saturated rings. The van der Waals surface area contributed by atoms with Crippen LogP contribution in [0.3, 0.4) is 0 Å². The molecule has 0 spiro atoms. The average Bonchev–Trinajstić information content (AvgIpc) is 3.01. The zero-order valence-electron chi connectivity index (χ0n) is 48.6. The molecule has 0 amide bonds. The van der Waals surface area contributed by atoms with Gasteiger partial charge in [0, 0.05) is 66.1 Å². The quantitative estimate of drug-likeness (QED) is 0.0804. The van der Waals surface area contributed by atoms with Gasteiger partial charge in [0.1, 0.15) is 0 Å². The van der Waals surface area contributed by atoms with Crippen molar-refractivity contribution >= 4 is 0 Å². The Labute approximate surface area is 502 Å². The Morgan fingerprint density at radius 3 is 0.359 bits per heavy atom. The second-order valence-electron chi connectivity index (χ2n) is 8.94. The molecule has 18 heteroatoms. The van der Waals surface area contributed by atoms with Crippen molar-refractivity contribution in [1.82, 2.24) is 0 Å². The molecule has 0 aliphatic rings. The van der Waals surface area contributed by atoms with Gasteiger partial charge in [-0.15, -0.1) is 0 Å². The molecule has 0 saturated carbocycles. The normalized spacial score (nSPS) is 6.47. The summed E-state index contributed by atoms with van der Waals surface area (Å²) in [7, 11) is 2.00. The van der Waals surface area contributed by atoms with E-state index in [1.165, 1.54) is 0 Å². The molecule has 2 atom stereocenters. The van der Waals surface area contributed by atoms with E-state index in [2.05, 4.69) is 13.8 Å². The number of unbranched alkanes of at least 4 members (excludes halogenated alkanes) is 2. The van der Waals surface area contributed by atoms with E-state index in [-0.39, 0.29) is 257 Å². The summed E-state index contributed by atoms with van der Waals surface area (Å²) < 4.78 is 0. The van der Waals surface area contributed by atoms with Gasteiger partial charge in [0.2, 0.25) is 0 Å². The number of hydrogen-bond acceptors (Lipinski definition) is 12. The third-order valence-electron chi connectivity index (χ3n) is 2.65. The van der Waals surface area contributed by atoms with Crippen LogP contribution in [0.2, 0.25) is 0 Å². The summed E-state index contributed by atoms with van der Waals surface area (Å²) in [5.74, 6) is 0. The van der Waals surface area contributed by atoms with Crippen LogP contribution in [0, 0.1) is 89.1 Å². The minimum Gasteiger partial charge on any atom is -0.400 e. The number of aliphatic hydroxyl groups excluding tert-OH is 12. The Morgan fingerprint density at radius 2 is 0.359 bits per heavy atom.